The molecule has 0 saturated heterocycles. The highest BCUT2D eigenvalue weighted by Gasteiger charge is 2.56. The molecule has 0 aromatic carbocycles. The molecule has 1 aliphatic carbocycles. The quantitative estimate of drug-likeness (QED) is 0.529. The molecule has 0 aromatic rings. The van der Waals surface area contributed by atoms with Crippen LogP contribution in [0.4, 0.5) is 0 Å². The van der Waals surface area contributed by atoms with Crippen LogP contribution in [0.15, 0.2) is 10.2 Å². The summed E-state index contributed by atoms with van der Waals surface area (Å²) in [6.45, 7) is 8.58. The van der Waals surface area contributed by atoms with Gasteiger partial charge in [-0.3, -0.25) is 0 Å². The van der Waals surface area contributed by atoms with Crippen LogP contribution >= 0.6 is 0 Å². The Kier molecular flexibility index (Phi) is 1.12. The Morgan fingerprint density at radius 3 is 2.08 bits per heavy atom. The standard InChI is InChI=1S/C10H18N2/c1-8(2,3)10-6-5-9(4,7-10)11-12-10/h5-7H2,1-4H3/t9-,10+/m0/s1/i7D/t7-,9-,10+. The van der Waals surface area contributed by atoms with Gasteiger partial charge in [0.05, 0.1) is 11.1 Å². The Bertz CT molecular complexity index is 269. The predicted octanol–water partition coefficient (Wildman–Crippen LogP) is 3.18. The summed E-state index contributed by atoms with van der Waals surface area (Å²) in [5, 5.41) is 8.69. The molecule has 1 fully saturated rings. The minimum Gasteiger partial charge on any atom is -0.187 e. The van der Waals surface area contributed by atoms with Crippen molar-refractivity contribution in [1.82, 2.24) is 0 Å². The van der Waals surface area contributed by atoms with Crippen molar-refractivity contribution in [2.75, 3.05) is 0 Å². The minimum atomic E-state index is -0.207. The number of nitrogens with zero attached hydrogens (tertiary/aromatic N) is 2. The van der Waals surface area contributed by atoms with Crippen molar-refractivity contribution in [3.8, 4) is 0 Å². The van der Waals surface area contributed by atoms with E-state index in [0.29, 0.717) is 0 Å². The summed E-state index contributed by atoms with van der Waals surface area (Å²) >= 11 is 0. The van der Waals surface area contributed by atoms with E-state index < -0.39 is 0 Å². The maximum absolute atomic E-state index is 8.22. The molecule has 0 aromatic heterocycles. The fourth-order valence-corrected chi connectivity index (χ4v) is 2.21. The van der Waals surface area contributed by atoms with Crippen molar-refractivity contribution < 1.29 is 1.37 Å². The summed E-state index contributed by atoms with van der Waals surface area (Å²) < 4.78 is 8.22. The Morgan fingerprint density at radius 2 is 1.92 bits per heavy atom. The van der Waals surface area contributed by atoms with E-state index in [1.54, 1.807) is 0 Å². The van der Waals surface area contributed by atoms with Gasteiger partial charge >= 0.3 is 0 Å². The molecule has 1 saturated carbocycles. The van der Waals surface area contributed by atoms with Crippen molar-refractivity contribution in [2.45, 2.75) is 58.0 Å². The molecule has 2 heteroatoms. The van der Waals surface area contributed by atoms with E-state index in [2.05, 4.69) is 37.9 Å². The first-order chi connectivity index (χ1) is 5.82. The van der Waals surface area contributed by atoms with Crippen molar-refractivity contribution in [1.29, 1.82) is 0 Å². The first-order valence-corrected chi connectivity index (χ1v) is 4.68. The third-order valence-corrected chi connectivity index (χ3v) is 3.32. The van der Waals surface area contributed by atoms with E-state index in [1.807, 2.05) is 0 Å². The van der Waals surface area contributed by atoms with E-state index in [4.69, 9.17) is 1.37 Å². The van der Waals surface area contributed by atoms with Gasteiger partial charge in [0, 0.05) is 7.77 Å². The fraction of sp³-hybridized carbons (Fsp3) is 1.00. The molecule has 2 bridgehead atoms. The van der Waals surface area contributed by atoms with Crippen LogP contribution in [-0.2, 0) is 0 Å². The van der Waals surface area contributed by atoms with E-state index >= 15 is 0 Å². The second-order valence-corrected chi connectivity index (χ2v) is 5.38. The monoisotopic (exact) mass is 167 g/mol. The average molecular weight is 167 g/mol. The zero-order chi connectivity index (χ0) is 9.91. The molecule has 0 amide bonds. The van der Waals surface area contributed by atoms with Crippen LogP contribution < -0.4 is 0 Å². The zero-order valence-electron chi connectivity index (χ0n) is 9.39. The first kappa shape index (κ1) is 7.05. The molecule has 1 aliphatic heterocycles. The molecule has 0 N–H and O–H groups in total. The van der Waals surface area contributed by atoms with Gasteiger partial charge in [-0.1, -0.05) is 20.8 Å². The van der Waals surface area contributed by atoms with Gasteiger partial charge in [-0.2, -0.15) is 10.2 Å². The van der Waals surface area contributed by atoms with E-state index in [0.717, 1.165) is 12.8 Å². The summed E-state index contributed by atoms with van der Waals surface area (Å²) in [5.74, 6) is 0. The number of hydrogen-bond acceptors (Lipinski definition) is 2. The van der Waals surface area contributed by atoms with Gasteiger partial charge in [-0.25, -0.2) is 0 Å². The third-order valence-electron chi connectivity index (χ3n) is 3.32. The highest BCUT2D eigenvalue weighted by Crippen LogP contribution is 2.56. The second kappa shape index (κ2) is 1.91. The lowest BCUT2D eigenvalue weighted by Crippen LogP contribution is -2.37. The van der Waals surface area contributed by atoms with Crippen LogP contribution in [0.2, 0.25) is 0 Å². The summed E-state index contributed by atoms with van der Waals surface area (Å²) in [6.07, 6.45) is 1.92. The molecule has 0 spiro atoms. The van der Waals surface area contributed by atoms with Crippen LogP contribution in [0.3, 0.4) is 0 Å². The SMILES string of the molecule is [2H][C@H]1[C@]2(C)CC[C@@]1(C(C)(C)C)N=N2. The van der Waals surface area contributed by atoms with Crippen LogP contribution in [-0.4, -0.2) is 11.1 Å². The van der Waals surface area contributed by atoms with Crippen molar-refractivity contribution in [3.05, 3.63) is 0 Å². The van der Waals surface area contributed by atoms with Crippen LogP contribution in [0, 0.1) is 5.41 Å². The van der Waals surface area contributed by atoms with Gasteiger partial charge in [0.1, 0.15) is 0 Å². The molecular weight excluding hydrogens is 148 g/mol. The van der Waals surface area contributed by atoms with E-state index in [9.17, 15) is 0 Å². The highest BCUT2D eigenvalue weighted by molar-refractivity contribution is 5.14. The van der Waals surface area contributed by atoms with Gasteiger partial charge in [0.15, 0.2) is 0 Å². The van der Waals surface area contributed by atoms with Crippen molar-refractivity contribution >= 4 is 0 Å². The van der Waals surface area contributed by atoms with Crippen LogP contribution in [0.5, 0.6) is 0 Å². The average Bonchev–Trinajstić information content (AvgIpc) is 2.39. The molecule has 68 valence electrons. The number of hydrogen-bond donors (Lipinski definition) is 0. The Morgan fingerprint density at radius 1 is 1.25 bits per heavy atom. The predicted molar refractivity (Wildman–Crippen MR) is 49.3 cm³/mol. The highest BCUT2D eigenvalue weighted by atomic mass is 15.3. The molecule has 0 radical (unpaired) electrons. The molecule has 2 nitrogen and oxygen atoms in total. The zero-order valence-corrected chi connectivity index (χ0v) is 8.39. The lowest BCUT2D eigenvalue weighted by atomic mass is 9.73. The first-order valence-electron chi connectivity index (χ1n) is 5.26. The Labute approximate surface area is 75.9 Å². The maximum Gasteiger partial charge on any atom is 0.0888 e. The van der Waals surface area contributed by atoms with Gasteiger partial charge in [0.25, 0.3) is 0 Å². The summed E-state index contributed by atoms with van der Waals surface area (Å²) in [4.78, 5) is 0. The molecule has 2 aliphatic rings. The largest absolute Gasteiger partial charge is 0.187 e. The minimum absolute atomic E-state index is 0.0666. The number of fused-ring (bicyclic) bond motifs is 2. The smallest absolute Gasteiger partial charge is 0.0888 e. The number of azo groups is 1. The lowest BCUT2D eigenvalue weighted by Gasteiger charge is -2.35. The van der Waals surface area contributed by atoms with Gasteiger partial charge < -0.3 is 0 Å². The van der Waals surface area contributed by atoms with Crippen molar-refractivity contribution in [2.24, 2.45) is 15.6 Å². The van der Waals surface area contributed by atoms with Gasteiger partial charge in [0.2, 0.25) is 0 Å². The topological polar surface area (TPSA) is 24.7 Å². The molecule has 12 heavy (non-hydrogen) atoms. The molecule has 2 rings (SSSR count). The summed E-state index contributed by atoms with van der Waals surface area (Å²) in [7, 11) is 0. The molecular formula is C10H18N2. The molecule has 1 heterocycles. The van der Waals surface area contributed by atoms with Gasteiger partial charge in [-0.05, 0) is 25.2 Å². The van der Waals surface area contributed by atoms with Crippen molar-refractivity contribution in [3.63, 3.8) is 0 Å². The van der Waals surface area contributed by atoms with E-state index in [-0.39, 0.29) is 22.9 Å². The summed E-state index contributed by atoms with van der Waals surface area (Å²) in [6, 6.07) is 0. The van der Waals surface area contributed by atoms with E-state index in [1.165, 1.54) is 0 Å². The summed E-state index contributed by atoms with van der Waals surface area (Å²) in [5.41, 5.74) is -0.327. The molecule has 0 unspecified atom stereocenters. The number of rotatable bonds is 0. The fourth-order valence-electron chi connectivity index (χ4n) is 2.21. The lowest BCUT2D eigenvalue weighted by molar-refractivity contribution is 0.197. The van der Waals surface area contributed by atoms with Crippen LogP contribution in [0.25, 0.3) is 0 Å². The Hall–Kier alpha value is -0.400. The third kappa shape index (κ3) is 0.868. The molecule has 3 atom stereocenters. The van der Waals surface area contributed by atoms with Crippen LogP contribution in [0.1, 0.15) is 48.3 Å². The maximum atomic E-state index is 8.22. The Balaban J connectivity index is 2.44. The second-order valence-electron chi connectivity index (χ2n) is 5.38. The normalized spacial score (nSPS) is 53.0. The van der Waals surface area contributed by atoms with Gasteiger partial charge in [-0.15, -0.1) is 0 Å².